The van der Waals surface area contributed by atoms with Gasteiger partial charge in [-0.15, -0.1) is 10.2 Å². The molecule has 2 amide bonds. The number of rotatable bonds is 8. The van der Waals surface area contributed by atoms with E-state index < -0.39 is 0 Å². The van der Waals surface area contributed by atoms with Crippen molar-refractivity contribution in [3.63, 3.8) is 0 Å². The second kappa shape index (κ2) is 13.0. The van der Waals surface area contributed by atoms with Crippen LogP contribution in [-0.4, -0.2) is 71.1 Å². The molecule has 0 unspecified atom stereocenters. The molecule has 0 bridgehead atoms. The third kappa shape index (κ3) is 6.72. The van der Waals surface area contributed by atoms with Crippen LogP contribution in [0.3, 0.4) is 0 Å². The van der Waals surface area contributed by atoms with Gasteiger partial charge >= 0.3 is 0 Å². The highest BCUT2D eigenvalue weighted by Crippen LogP contribution is 2.19. The quantitative estimate of drug-likeness (QED) is 0.323. The molecule has 0 radical (unpaired) electrons. The van der Waals surface area contributed by atoms with Gasteiger partial charge in [0, 0.05) is 43.9 Å². The number of hydrogen-bond donors (Lipinski definition) is 0. The van der Waals surface area contributed by atoms with Crippen LogP contribution >= 0.6 is 0 Å². The number of benzene rings is 3. The van der Waals surface area contributed by atoms with E-state index in [-0.39, 0.29) is 18.4 Å². The molecule has 7 heteroatoms. The number of nitrogens with zero attached hydrogens (tertiary/aromatic N) is 5. The summed E-state index contributed by atoms with van der Waals surface area (Å²) in [5, 5.41) is 8.91. The first kappa shape index (κ1) is 27.1. The number of carbonyl (C=O) groups is 2. The maximum Gasteiger partial charge on any atom is 0.254 e. The fourth-order valence-corrected chi connectivity index (χ4v) is 5.06. The zero-order valence-electron chi connectivity index (χ0n) is 22.9. The SMILES string of the molecule is Cc1ccccc1C(=O)N(CCc1ccccc1)CC(=O)N1CCCN(c2ccc(-c3ccccc3)nn2)CC1. The van der Waals surface area contributed by atoms with Gasteiger partial charge in [-0.25, -0.2) is 0 Å². The Bertz CT molecular complexity index is 1410. The van der Waals surface area contributed by atoms with Crippen LogP contribution in [0.2, 0.25) is 0 Å². The highest BCUT2D eigenvalue weighted by molar-refractivity contribution is 5.97. The van der Waals surface area contributed by atoms with Crippen molar-refractivity contribution >= 4 is 17.6 Å². The summed E-state index contributed by atoms with van der Waals surface area (Å²) in [6.45, 7) is 5.16. The maximum atomic E-state index is 13.6. The summed E-state index contributed by atoms with van der Waals surface area (Å²) in [5.74, 6) is 0.683. The monoisotopic (exact) mass is 533 g/mol. The zero-order valence-corrected chi connectivity index (χ0v) is 22.9. The summed E-state index contributed by atoms with van der Waals surface area (Å²) in [7, 11) is 0. The van der Waals surface area contributed by atoms with E-state index in [0.717, 1.165) is 41.2 Å². The number of anilines is 1. The van der Waals surface area contributed by atoms with E-state index in [4.69, 9.17) is 0 Å². The minimum Gasteiger partial charge on any atom is -0.353 e. The van der Waals surface area contributed by atoms with Crippen molar-refractivity contribution < 1.29 is 9.59 Å². The fraction of sp³-hybridized carbons (Fsp3) is 0.273. The lowest BCUT2D eigenvalue weighted by Crippen LogP contribution is -2.45. The van der Waals surface area contributed by atoms with Crippen molar-refractivity contribution in [1.29, 1.82) is 0 Å². The molecule has 0 aliphatic carbocycles. The lowest BCUT2D eigenvalue weighted by atomic mass is 10.1. The molecule has 3 aromatic carbocycles. The second-order valence-corrected chi connectivity index (χ2v) is 10.1. The molecule has 2 heterocycles. The van der Waals surface area contributed by atoms with E-state index >= 15 is 0 Å². The fourth-order valence-electron chi connectivity index (χ4n) is 5.06. The first-order valence-corrected chi connectivity index (χ1v) is 13.9. The van der Waals surface area contributed by atoms with E-state index in [9.17, 15) is 9.59 Å². The summed E-state index contributed by atoms with van der Waals surface area (Å²) < 4.78 is 0. The first-order chi connectivity index (χ1) is 19.6. The zero-order chi connectivity index (χ0) is 27.7. The molecule has 0 saturated carbocycles. The van der Waals surface area contributed by atoms with Gasteiger partial charge in [-0.3, -0.25) is 9.59 Å². The van der Waals surface area contributed by atoms with E-state index in [1.165, 1.54) is 0 Å². The van der Waals surface area contributed by atoms with Crippen LogP contribution < -0.4 is 4.90 Å². The minimum atomic E-state index is -0.104. The molecule has 0 spiro atoms. The summed E-state index contributed by atoms with van der Waals surface area (Å²) in [4.78, 5) is 32.9. The molecule has 0 N–H and O–H groups in total. The van der Waals surface area contributed by atoms with Gasteiger partial charge in [-0.1, -0.05) is 78.9 Å². The smallest absolute Gasteiger partial charge is 0.254 e. The Hall–Kier alpha value is -4.52. The van der Waals surface area contributed by atoms with Gasteiger partial charge < -0.3 is 14.7 Å². The summed E-state index contributed by atoms with van der Waals surface area (Å²) in [6.07, 6.45) is 1.51. The van der Waals surface area contributed by atoms with E-state index in [1.807, 2.05) is 96.8 Å². The van der Waals surface area contributed by atoms with Crippen LogP contribution in [0.1, 0.15) is 27.9 Å². The average Bonchev–Trinajstić information content (AvgIpc) is 3.27. The van der Waals surface area contributed by atoms with Gasteiger partial charge in [-0.05, 0) is 49.1 Å². The number of hydrogen-bond acceptors (Lipinski definition) is 5. The predicted octanol–water partition coefficient (Wildman–Crippen LogP) is 4.88. The van der Waals surface area contributed by atoms with Crippen molar-refractivity contribution in [1.82, 2.24) is 20.0 Å². The number of amides is 2. The normalized spacial score (nSPS) is 13.5. The topological polar surface area (TPSA) is 69.6 Å². The van der Waals surface area contributed by atoms with Crippen LogP contribution in [0.25, 0.3) is 11.3 Å². The third-order valence-corrected chi connectivity index (χ3v) is 7.39. The van der Waals surface area contributed by atoms with E-state index in [0.29, 0.717) is 38.2 Å². The lowest BCUT2D eigenvalue weighted by Gasteiger charge is -2.27. The standard InChI is InChI=1S/C33H35N5O2/c1-26-11-8-9-16-29(26)33(40)38(22-19-27-12-4-2-5-13-27)25-32(39)37-21-10-20-36(23-24-37)31-18-17-30(34-35-31)28-14-6-3-7-15-28/h2-9,11-18H,10,19-25H2,1H3. The molecule has 4 aromatic rings. The molecule has 7 nitrogen and oxygen atoms in total. The van der Waals surface area contributed by atoms with Crippen molar-refractivity contribution in [2.45, 2.75) is 19.8 Å². The molecule has 1 fully saturated rings. The minimum absolute atomic E-state index is 0.0256. The first-order valence-electron chi connectivity index (χ1n) is 13.9. The van der Waals surface area contributed by atoms with Crippen LogP contribution in [0.15, 0.2) is 97.1 Å². The Morgan fingerprint density at radius 3 is 2.23 bits per heavy atom. The third-order valence-electron chi connectivity index (χ3n) is 7.39. The highest BCUT2D eigenvalue weighted by atomic mass is 16.2. The van der Waals surface area contributed by atoms with E-state index in [2.05, 4.69) is 27.2 Å². The molecule has 0 atom stereocenters. The van der Waals surface area contributed by atoms with Gasteiger partial charge in [0.15, 0.2) is 5.82 Å². The molecule has 40 heavy (non-hydrogen) atoms. The molecule has 1 aromatic heterocycles. The highest BCUT2D eigenvalue weighted by Gasteiger charge is 2.25. The van der Waals surface area contributed by atoms with Crippen LogP contribution in [-0.2, 0) is 11.2 Å². The molecule has 1 aliphatic rings. The summed E-state index contributed by atoms with van der Waals surface area (Å²) >= 11 is 0. The Morgan fingerprint density at radius 1 is 0.775 bits per heavy atom. The van der Waals surface area contributed by atoms with Crippen LogP contribution in [0.4, 0.5) is 5.82 Å². The van der Waals surface area contributed by atoms with Crippen LogP contribution in [0.5, 0.6) is 0 Å². The molecule has 1 saturated heterocycles. The van der Waals surface area contributed by atoms with E-state index in [1.54, 1.807) is 4.90 Å². The Morgan fingerprint density at radius 2 is 1.50 bits per heavy atom. The Balaban J connectivity index is 1.24. The Kier molecular flexibility index (Phi) is 8.81. The van der Waals surface area contributed by atoms with Crippen molar-refractivity contribution in [2.75, 3.05) is 44.2 Å². The largest absolute Gasteiger partial charge is 0.353 e. The molecule has 1 aliphatic heterocycles. The average molecular weight is 534 g/mol. The van der Waals surface area contributed by atoms with Crippen molar-refractivity contribution in [2.24, 2.45) is 0 Å². The van der Waals surface area contributed by atoms with Gasteiger partial charge in [-0.2, -0.15) is 0 Å². The van der Waals surface area contributed by atoms with Crippen molar-refractivity contribution in [3.05, 3.63) is 114 Å². The molecular weight excluding hydrogens is 498 g/mol. The second-order valence-electron chi connectivity index (χ2n) is 10.1. The van der Waals surface area contributed by atoms with Gasteiger partial charge in [0.1, 0.15) is 6.54 Å². The number of aryl methyl sites for hydroxylation is 1. The summed E-state index contributed by atoms with van der Waals surface area (Å²) in [5.41, 5.74) is 4.57. The predicted molar refractivity (Wildman–Crippen MR) is 158 cm³/mol. The van der Waals surface area contributed by atoms with Gasteiger partial charge in [0.25, 0.3) is 5.91 Å². The molecular formula is C33H35N5O2. The van der Waals surface area contributed by atoms with Gasteiger partial charge in [0.2, 0.25) is 5.91 Å². The maximum absolute atomic E-state index is 13.6. The summed E-state index contributed by atoms with van der Waals surface area (Å²) in [6, 6.07) is 31.6. The molecule has 5 rings (SSSR count). The van der Waals surface area contributed by atoms with Gasteiger partial charge in [0.05, 0.1) is 5.69 Å². The Labute approximate surface area is 236 Å². The number of aromatic nitrogens is 2. The molecule has 204 valence electrons. The lowest BCUT2D eigenvalue weighted by molar-refractivity contribution is -0.131. The van der Waals surface area contributed by atoms with Crippen molar-refractivity contribution in [3.8, 4) is 11.3 Å². The number of carbonyl (C=O) groups excluding carboxylic acids is 2. The van der Waals surface area contributed by atoms with Crippen LogP contribution in [0, 0.1) is 6.92 Å².